The van der Waals surface area contributed by atoms with Crippen LogP contribution in [0.4, 0.5) is 4.39 Å². The first-order valence-corrected chi connectivity index (χ1v) is 11.0. The van der Waals surface area contributed by atoms with Gasteiger partial charge in [-0.25, -0.2) is 9.37 Å². The number of amides is 1. The summed E-state index contributed by atoms with van der Waals surface area (Å²) < 4.78 is 15.1. The molecule has 1 atom stereocenters. The molecule has 1 aliphatic rings. The third-order valence-electron chi connectivity index (χ3n) is 5.91. The third-order valence-corrected chi connectivity index (χ3v) is 6.14. The van der Waals surface area contributed by atoms with Gasteiger partial charge in [0.25, 0.3) is 5.91 Å². The highest BCUT2D eigenvalue weighted by atomic mass is 35.5. The van der Waals surface area contributed by atoms with Crippen LogP contribution < -0.4 is 0 Å². The molecule has 7 heteroatoms. The summed E-state index contributed by atoms with van der Waals surface area (Å²) in [5.74, 6) is -0.199. The number of imidazole rings is 1. The molecule has 5 rings (SSSR count). The van der Waals surface area contributed by atoms with Gasteiger partial charge in [-0.3, -0.25) is 9.78 Å². The molecule has 0 aliphatic carbocycles. The van der Waals surface area contributed by atoms with Crippen molar-refractivity contribution in [2.24, 2.45) is 0 Å². The van der Waals surface area contributed by atoms with E-state index in [1.165, 1.54) is 12.1 Å². The van der Waals surface area contributed by atoms with Crippen LogP contribution in [0.5, 0.6) is 0 Å². The van der Waals surface area contributed by atoms with Gasteiger partial charge in [-0.2, -0.15) is 0 Å². The summed E-state index contributed by atoms with van der Waals surface area (Å²) in [6.07, 6.45) is 5.33. The van der Waals surface area contributed by atoms with Crippen molar-refractivity contribution in [1.29, 1.82) is 0 Å². The van der Waals surface area contributed by atoms with Crippen LogP contribution in [0.1, 0.15) is 40.6 Å². The van der Waals surface area contributed by atoms with Crippen LogP contribution in [0, 0.1) is 12.7 Å². The number of carbonyl (C=O) groups is 1. The molecule has 0 bridgehead atoms. The van der Waals surface area contributed by atoms with E-state index in [-0.39, 0.29) is 17.6 Å². The summed E-state index contributed by atoms with van der Waals surface area (Å²) >= 11 is 6.05. The molecule has 0 N–H and O–H groups in total. The number of benzene rings is 1. The fourth-order valence-corrected chi connectivity index (χ4v) is 4.51. The second kappa shape index (κ2) is 8.36. The van der Waals surface area contributed by atoms with Gasteiger partial charge in [0.1, 0.15) is 17.2 Å². The van der Waals surface area contributed by atoms with Gasteiger partial charge in [0.05, 0.1) is 5.02 Å². The molecule has 3 aromatic heterocycles. The molecule has 4 aromatic rings. The molecule has 1 aliphatic heterocycles. The van der Waals surface area contributed by atoms with Crippen LogP contribution in [-0.2, 0) is 0 Å². The van der Waals surface area contributed by atoms with E-state index >= 15 is 0 Å². The van der Waals surface area contributed by atoms with Crippen LogP contribution in [0.25, 0.3) is 16.8 Å². The maximum atomic E-state index is 13.3. The molecule has 1 fully saturated rings. The van der Waals surface area contributed by atoms with E-state index in [2.05, 4.69) is 11.1 Å². The monoisotopic (exact) mass is 448 g/mol. The Labute approximate surface area is 190 Å². The molecular formula is C25H22ClFN4O. The average Bonchev–Trinajstić information content (AvgIpc) is 3.22. The number of pyridine rings is 2. The van der Waals surface area contributed by atoms with Crippen LogP contribution >= 0.6 is 11.6 Å². The predicted molar refractivity (Wildman–Crippen MR) is 122 cm³/mol. The standard InChI is InChI=1S/C25H22ClFN4O/c1-16-11-19(17-4-7-21(27)8-5-17)12-22(28-16)18-3-2-10-30(13-18)25(32)23-15-31-14-20(26)6-9-24(31)29-23/h4-9,11-12,14-15,18H,2-3,10,13H2,1H3/t18-/m0/s1. The van der Waals surface area contributed by atoms with Gasteiger partial charge in [-0.1, -0.05) is 23.7 Å². The minimum atomic E-state index is -0.254. The number of halogens is 2. The van der Waals surface area contributed by atoms with Crippen molar-refractivity contribution in [2.75, 3.05) is 13.1 Å². The summed E-state index contributed by atoms with van der Waals surface area (Å²) in [4.78, 5) is 24.3. The normalized spacial score (nSPS) is 16.5. The highest BCUT2D eigenvalue weighted by molar-refractivity contribution is 6.30. The Morgan fingerprint density at radius 3 is 2.69 bits per heavy atom. The fourth-order valence-electron chi connectivity index (χ4n) is 4.35. The van der Waals surface area contributed by atoms with Crippen molar-refractivity contribution in [3.8, 4) is 11.1 Å². The zero-order valence-corrected chi connectivity index (χ0v) is 18.4. The third kappa shape index (κ3) is 4.10. The van der Waals surface area contributed by atoms with Crippen LogP contribution in [0.15, 0.2) is 60.9 Å². The first-order valence-electron chi connectivity index (χ1n) is 10.6. The predicted octanol–water partition coefficient (Wildman–Crippen LogP) is 5.52. The lowest BCUT2D eigenvalue weighted by Crippen LogP contribution is -2.39. The molecule has 4 heterocycles. The van der Waals surface area contributed by atoms with E-state index in [0.717, 1.165) is 35.4 Å². The summed E-state index contributed by atoms with van der Waals surface area (Å²) in [6, 6.07) is 14.1. The Bertz CT molecular complexity index is 1300. The number of likely N-dealkylation sites (tertiary alicyclic amines) is 1. The molecule has 5 nitrogen and oxygen atoms in total. The molecular weight excluding hydrogens is 427 g/mol. The highest BCUT2D eigenvalue weighted by Gasteiger charge is 2.28. The molecule has 1 amide bonds. The number of carbonyl (C=O) groups excluding carboxylic acids is 1. The van der Waals surface area contributed by atoms with E-state index in [9.17, 15) is 9.18 Å². The van der Waals surface area contributed by atoms with Gasteiger partial charge >= 0.3 is 0 Å². The van der Waals surface area contributed by atoms with E-state index in [0.29, 0.717) is 29.5 Å². The summed E-state index contributed by atoms with van der Waals surface area (Å²) in [5, 5.41) is 0.592. The van der Waals surface area contributed by atoms with Gasteiger partial charge < -0.3 is 9.30 Å². The number of hydrogen-bond donors (Lipinski definition) is 0. The lowest BCUT2D eigenvalue weighted by Gasteiger charge is -2.32. The minimum absolute atomic E-state index is 0.0825. The van der Waals surface area contributed by atoms with E-state index in [1.54, 1.807) is 41.1 Å². The Balaban J connectivity index is 1.39. The Kier molecular flexibility index (Phi) is 5.39. The Morgan fingerprint density at radius 2 is 1.88 bits per heavy atom. The average molecular weight is 449 g/mol. The van der Waals surface area contributed by atoms with Gasteiger partial charge in [-0.15, -0.1) is 0 Å². The second-order valence-corrected chi connectivity index (χ2v) is 8.69. The van der Waals surface area contributed by atoms with Gasteiger partial charge in [0.2, 0.25) is 0 Å². The van der Waals surface area contributed by atoms with E-state index < -0.39 is 0 Å². The number of hydrogen-bond acceptors (Lipinski definition) is 3. The number of piperidine rings is 1. The summed E-state index contributed by atoms with van der Waals surface area (Å²) in [7, 11) is 0. The van der Waals surface area contributed by atoms with E-state index in [4.69, 9.17) is 16.6 Å². The van der Waals surface area contributed by atoms with Crippen molar-refractivity contribution in [2.45, 2.75) is 25.7 Å². The first-order chi connectivity index (χ1) is 15.5. The number of rotatable bonds is 3. The Hall–Kier alpha value is -3.25. The number of aryl methyl sites for hydroxylation is 1. The molecule has 0 spiro atoms. The van der Waals surface area contributed by atoms with Gasteiger partial charge in [-0.05, 0) is 67.3 Å². The number of nitrogens with zero attached hydrogens (tertiary/aromatic N) is 4. The highest BCUT2D eigenvalue weighted by Crippen LogP contribution is 2.30. The first kappa shape index (κ1) is 20.6. The number of fused-ring (bicyclic) bond motifs is 1. The zero-order chi connectivity index (χ0) is 22.2. The Morgan fingerprint density at radius 1 is 1.06 bits per heavy atom. The molecule has 1 aromatic carbocycles. The SMILES string of the molecule is Cc1cc(-c2ccc(F)cc2)cc([C@H]2CCCN(C(=O)c3cn4cc(Cl)ccc4n3)C2)n1. The lowest BCUT2D eigenvalue weighted by atomic mass is 9.92. The summed E-state index contributed by atoms with van der Waals surface area (Å²) in [6.45, 7) is 3.25. The van der Waals surface area contributed by atoms with Crippen molar-refractivity contribution >= 4 is 23.2 Å². The minimum Gasteiger partial charge on any atom is -0.337 e. The molecule has 162 valence electrons. The van der Waals surface area contributed by atoms with Crippen molar-refractivity contribution in [3.63, 3.8) is 0 Å². The maximum absolute atomic E-state index is 13.3. The lowest BCUT2D eigenvalue weighted by molar-refractivity contribution is 0.0700. The maximum Gasteiger partial charge on any atom is 0.274 e. The van der Waals surface area contributed by atoms with Gasteiger partial charge in [0, 0.05) is 42.8 Å². The van der Waals surface area contributed by atoms with E-state index in [1.807, 2.05) is 17.9 Å². The molecule has 0 saturated carbocycles. The zero-order valence-electron chi connectivity index (χ0n) is 17.6. The van der Waals surface area contributed by atoms with Crippen molar-refractivity contribution in [3.05, 3.63) is 88.8 Å². The fraction of sp³-hybridized carbons (Fsp3) is 0.240. The summed E-state index contributed by atoms with van der Waals surface area (Å²) in [5.41, 5.74) is 4.93. The van der Waals surface area contributed by atoms with Crippen LogP contribution in [0.3, 0.4) is 0 Å². The number of aromatic nitrogens is 3. The largest absolute Gasteiger partial charge is 0.337 e. The molecule has 0 radical (unpaired) electrons. The quantitative estimate of drug-likeness (QED) is 0.415. The second-order valence-electron chi connectivity index (χ2n) is 8.26. The molecule has 0 unspecified atom stereocenters. The molecule has 1 saturated heterocycles. The van der Waals surface area contributed by atoms with Crippen LogP contribution in [0.2, 0.25) is 5.02 Å². The van der Waals surface area contributed by atoms with Crippen LogP contribution in [-0.4, -0.2) is 38.3 Å². The van der Waals surface area contributed by atoms with Crippen molar-refractivity contribution in [1.82, 2.24) is 19.3 Å². The van der Waals surface area contributed by atoms with Gasteiger partial charge in [0.15, 0.2) is 0 Å². The molecule has 32 heavy (non-hydrogen) atoms. The smallest absolute Gasteiger partial charge is 0.274 e. The van der Waals surface area contributed by atoms with Crippen molar-refractivity contribution < 1.29 is 9.18 Å². The topological polar surface area (TPSA) is 50.5 Å².